The number of aliphatic carboxylic acids is 1. The first-order chi connectivity index (χ1) is 7.99. The summed E-state index contributed by atoms with van der Waals surface area (Å²) in [5, 5.41) is 8.96. The van der Waals surface area contributed by atoms with E-state index in [4.69, 9.17) is 10.8 Å². The number of carbonyl (C=O) groups excluding carboxylic acids is 1. The van der Waals surface area contributed by atoms with Crippen LogP contribution in [0.2, 0.25) is 0 Å². The van der Waals surface area contributed by atoms with Gasteiger partial charge < -0.3 is 15.7 Å². The molecule has 92 valence electrons. The van der Waals surface area contributed by atoms with Crippen molar-refractivity contribution in [2.24, 2.45) is 0 Å². The molecule has 1 aromatic rings. The monoisotopic (exact) mass is 237 g/mol. The Morgan fingerprint density at radius 3 is 2.71 bits per heavy atom. The van der Waals surface area contributed by atoms with Crippen LogP contribution in [-0.2, 0) is 4.79 Å². The van der Waals surface area contributed by atoms with Gasteiger partial charge in [0.15, 0.2) is 5.69 Å². The molecule has 0 aliphatic carbocycles. The zero-order valence-corrected chi connectivity index (χ0v) is 9.75. The van der Waals surface area contributed by atoms with Crippen LogP contribution in [0.5, 0.6) is 0 Å². The lowest BCUT2D eigenvalue weighted by molar-refractivity contribution is -0.142. The molecule has 6 nitrogen and oxygen atoms in total. The standard InChI is InChI=1S/C11H15N3O3/c1-3-8(11(16)17)14(2)10(15)9-7(12)5-4-6-13-9/h4-6,8H,3,12H2,1-2H3,(H,16,17). The summed E-state index contributed by atoms with van der Waals surface area (Å²) in [6.45, 7) is 1.70. The number of carboxylic acid groups (broad SMARTS) is 1. The fourth-order valence-corrected chi connectivity index (χ4v) is 1.52. The highest BCUT2D eigenvalue weighted by molar-refractivity contribution is 5.98. The molecule has 1 heterocycles. The quantitative estimate of drug-likeness (QED) is 0.799. The second-order valence-electron chi connectivity index (χ2n) is 3.62. The fraction of sp³-hybridized carbons (Fsp3) is 0.364. The van der Waals surface area contributed by atoms with E-state index < -0.39 is 17.9 Å². The van der Waals surface area contributed by atoms with Gasteiger partial charge in [0.25, 0.3) is 5.91 Å². The van der Waals surface area contributed by atoms with Gasteiger partial charge in [-0.2, -0.15) is 0 Å². The number of amides is 1. The summed E-state index contributed by atoms with van der Waals surface area (Å²) in [4.78, 5) is 27.9. The predicted octanol–water partition coefficient (Wildman–Crippen LogP) is 0.599. The Labute approximate surface area is 99.1 Å². The van der Waals surface area contributed by atoms with Crippen LogP contribution in [0, 0.1) is 0 Å². The highest BCUT2D eigenvalue weighted by Gasteiger charge is 2.27. The van der Waals surface area contributed by atoms with Crippen molar-refractivity contribution in [1.29, 1.82) is 0 Å². The number of nitrogen functional groups attached to an aromatic ring is 1. The van der Waals surface area contributed by atoms with Crippen LogP contribution in [0.15, 0.2) is 18.3 Å². The maximum Gasteiger partial charge on any atom is 0.326 e. The Hall–Kier alpha value is -2.11. The van der Waals surface area contributed by atoms with Crippen molar-refractivity contribution in [3.8, 4) is 0 Å². The molecule has 0 aliphatic heterocycles. The molecule has 0 saturated carbocycles. The van der Waals surface area contributed by atoms with Gasteiger partial charge in [-0.3, -0.25) is 4.79 Å². The van der Waals surface area contributed by atoms with Gasteiger partial charge in [0.2, 0.25) is 0 Å². The van der Waals surface area contributed by atoms with Crippen molar-refractivity contribution in [1.82, 2.24) is 9.88 Å². The molecular formula is C11H15N3O3. The third-order valence-corrected chi connectivity index (χ3v) is 2.50. The number of hydrogen-bond acceptors (Lipinski definition) is 4. The molecule has 0 fully saturated rings. The fourth-order valence-electron chi connectivity index (χ4n) is 1.52. The summed E-state index contributed by atoms with van der Waals surface area (Å²) in [5.74, 6) is -1.53. The van der Waals surface area contributed by atoms with Gasteiger partial charge in [-0.1, -0.05) is 6.92 Å². The van der Waals surface area contributed by atoms with Crippen LogP contribution in [0.3, 0.4) is 0 Å². The molecule has 0 saturated heterocycles. The maximum atomic E-state index is 12.0. The average molecular weight is 237 g/mol. The van der Waals surface area contributed by atoms with Gasteiger partial charge in [-0.05, 0) is 18.6 Å². The van der Waals surface area contributed by atoms with Crippen molar-refractivity contribution in [2.75, 3.05) is 12.8 Å². The van der Waals surface area contributed by atoms with E-state index in [1.807, 2.05) is 0 Å². The van der Waals surface area contributed by atoms with Crippen LogP contribution in [0.1, 0.15) is 23.8 Å². The Kier molecular flexibility index (Phi) is 4.03. The number of nitrogens with two attached hydrogens (primary N) is 1. The molecular weight excluding hydrogens is 222 g/mol. The molecule has 1 rings (SSSR count). The summed E-state index contributed by atoms with van der Waals surface area (Å²) < 4.78 is 0. The largest absolute Gasteiger partial charge is 0.480 e. The van der Waals surface area contributed by atoms with Crippen LogP contribution in [0.4, 0.5) is 5.69 Å². The van der Waals surface area contributed by atoms with E-state index in [2.05, 4.69) is 4.98 Å². The van der Waals surface area contributed by atoms with Crippen LogP contribution < -0.4 is 5.73 Å². The first-order valence-corrected chi connectivity index (χ1v) is 5.19. The van der Waals surface area contributed by atoms with Crippen molar-refractivity contribution >= 4 is 17.6 Å². The molecule has 0 spiro atoms. The van der Waals surface area contributed by atoms with Gasteiger partial charge in [-0.25, -0.2) is 9.78 Å². The number of hydrogen-bond donors (Lipinski definition) is 2. The number of anilines is 1. The lowest BCUT2D eigenvalue weighted by atomic mass is 10.2. The van der Waals surface area contributed by atoms with E-state index >= 15 is 0 Å². The van der Waals surface area contributed by atoms with Gasteiger partial charge in [0, 0.05) is 13.2 Å². The molecule has 0 aromatic carbocycles. The molecule has 1 unspecified atom stereocenters. The van der Waals surface area contributed by atoms with Crippen molar-refractivity contribution < 1.29 is 14.7 Å². The Balaban J connectivity index is 2.98. The lowest BCUT2D eigenvalue weighted by Gasteiger charge is -2.23. The smallest absolute Gasteiger partial charge is 0.326 e. The average Bonchev–Trinajstić information content (AvgIpc) is 2.29. The minimum atomic E-state index is -1.04. The highest BCUT2D eigenvalue weighted by Crippen LogP contribution is 2.12. The Morgan fingerprint density at radius 1 is 1.59 bits per heavy atom. The first kappa shape index (κ1) is 13.0. The number of carbonyl (C=O) groups is 2. The summed E-state index contributed by atoms with van der Waals surface area (Å²) >= 11 is 0. The number of carboxylic acids is 1. The van der Waals surface area contributed by atoms with Crippen molar-refractivity contribution in [2.45, 2.75) is 19.4 Å². The minimum Gasteiger partial charge on any atom is -0.480 e. The van der Waals surface area contributed by atoms with E-state index in [9.17, 15) is 9.59 Å². The molecule has 0 bridgehead atoms. The molecule has 0 radical (unpaired) electrons. The lowest BCUT2D eigenvalue weighted by Crippen LogP contribution is -2.42. The number of rotatable bonds is 4. The predicted molar refractivity (Wildman–Crippen MR) is 62.5 cm³/mol. The molecule has 1 atom stereocenters. The van der Waals surface area contributed by atoms with Crippen LogP contribution in [-0.4, -0.2) is 40.0 Å². The van der Waals surface area contributed by atoms with Crippen molar-refractivity contribution in [3.05, 3.63) is 24.0 Å². The highest BCUT2D eigenvalue weighted by atomic mass is 16.4. The van der Waals surface area contributed by atoms with Gasteiger partial charge >= 0.3 is 5.97 Å². The third kappa shape index (κ3) is 2.72. The molecule has 6 heteroatoms. The van der Waals surface area contributed by atoms with Gasteiger partial charge in [0.05, 0.1) is 5.69 Å². The summed E-state index contributed by atoms with van der Waals surface area (Å²) in [7, 11) is 1.43. The number of likely N-dealkylation sites (N-methyl/N-ethyl adjacent to an activating group) is 1. The normalized spacial score (nSPS) is 11.9. The van der Waals surface area contributed by atoms with Crippen molar-refractivity contribution in [3.63, 3.8) is 0 Å². The second-order valence-corrected chi connectivity index (χ2v) is 3.62. The third-order valence-electron chi connectivity index (χ3n) is 2.50. The second kappa shape index (κ2) is 5.29. The van der Waals surface area contributed by atoms with Crippen LogP contribution in [0.25, 0.3) is 0 Å². The van der Waals surface area contributed by atoms with Gasteiger partial charge in [0.1, 0.15) is 6.04 Å². The molecule has 1 amide bonds. The molecule has 3 N–H and O–H groups in total. The topological polar surface area (TPSA) is 96.5 Å². The van der Waals surface area contributed by atoms with E-state index in [1.54, 1.807) is 19.1 Å². The minimum absolute atomic E-state index is 0.0784. The SMILES string of the molecule is CCC(C(=O)O)N(C)C(=O)c1ncccc1N. The number of nitrogens with zero attached hydrogens (tertiary/aromatic N) is 2. The molecule has 1 aromatic heterocycles. The van der Waals surface area contributed by atoms with Gasteiger partial charge in [-0.15, -0.1) is 0 Å². The molecule has 17 heavy (non-hydrogen) atoms. The number of pyridine rings is 1. The summed E-state index contributed by atoms with van der Waals surface area (Å²) in [6, 6.07) is 2.29. The Morgan fingerprint density at radius 2 is 2.24 bits per heavy atom. The maximum absolute atomic E-state index is 12.0. The Bertz CT molecular complexity index is 434. The van der Waals surface area contributed by atoms with E-state index in [-0.39, 0.29) is 11.4 Å². The van der Waals surface area contributed by atoms with E-state index in [0.717, 1.165) is 4.90 Å². The zero-order chi connectivity index (χ0) is 13.0. The zero-order valence-electron chi connectivity index (χ0n) is 9.75. The summed E-state index contributed by atoms with van der Waals surface area (Å²) in [6.07, 6.45) is 1.77. The van der Waals surface area contributed by atoms with E-state index in [0.29, 0.717) is 6.42 Å². The van der Waals surface area contributed by atoms with Crippen LogP contribution >= 0.6 is 0 Å². The number of aromatic nitrogens is 1. The first-order valence-electron chi connectivity index (χ1n) is 5.19. The summed E-state index contributed by atoms with van der Waals surface area (Å²) in [5.41, 5.74) is 5.94. The van der Waals surface area contributed by atoms with E-state index in [1.165, 1.54) is 13.2 Å². The molecule has 0 aliphatic rings.